The van der Waals surface area contributed by atoms with E-state index in [1.807, 2.05) is 0 Å². The number of pyridine rings is 1. The molecule has 0 aromatic carbocycles. The highest BCUT2D eigenvalue weighted by Crippen LogP contribution is 2.31. The molecule has 0 aliphatic carbocycles. The first-order valence-corrected chi connectivity index (χ1v) is 3.86. The van der Waals surface area contributed by atoms with Gasteiger partial charge in [-0.05, 0) is 13.8 Å². The molecular formula is C9H11F2NO. The zero-order valence-corrected chi connectivity index (χ0v) is 7.77. The summed E-state index contributed by atoms with van der Waals surface area (Å²) in [6.45, 7) is 3.29. The zero-order chi connectivity index (χ0) is 10.0. The number of ether oxygens (including phenoxy) is 1. The lowest BCUT2D eigenvalue weighted by atomic mass is 10.1. The van der Waals surface area contributed by atoms with Gasteiger partial charge in [-0.15, -0.1) is 0 Å². The van der Waals surface area contributed by atoms with E-state index >= 15 is 0 Å². The van der Waals surface area contributed by atoms with Crippen LogP contribution in [0.1, 0.15) is 23.4 Å². The number of nitrogens with zero attached hydrogens (tertiary/aromatic N) is 1. The van der Waals surface area contributed by atoms with Crippen LogP contribution in [0.25, 0.3) is 0 Å². The number of alkyl halides is 2. The van der Waals surface area contributed by atoms with Gasteiger partial charge in [0.15, 0.2) is 0 Å². The number of hydrogen-bond donors (Lipinski definition) is 0. The summed E-state index contributed by atoms with van der Waals surface area (Å²) >= 11 is 0. The zero-order valence-electron chi connectivity index (χ0n) is 7.77. The van der Waals surface area contributed by atoms with Crippen molar-refractivity contribution in [1.29, 1.82) is 0 Å². The van der Waals surface area contributed by atoms with E-state index in [1.54, 1.807) is 13.8 Å². The molecule has 0 radical (unpaired) electrons. The summed E-state index contributed by atoms with van der Waals surface area (Å²) in [5, 5.41) is 0. The smallest absolute Gasteiger partial charge is 0.269 e. The second-order valence-corrected chi connectivity index (χ2v) is 2.77. The van der Waals surface area contributed by atoms with Crippen molar-refractivity contribution >= 4 is 0 Å². The fourth-order valence-electron chi connectivity index (χ4n) is 1.24. The molecule has 2 nitrogen and oxygen atoms in total. The highest BCUT2D eigenvalue weighted by atomic mass is 19.3. The maximum atomic E-state index is 12.5. The van der Waals surface area contributed by atoms with Gasteiger partial charge in [0.1, 0.15) is 5.75 Å². The van der Waals surface area contributed by atoms with Crippen LogP contribution in [0.3, 0.4) is 0 Å². The van der Waals surface area contributed by atoms with Crippen molar-refractivity contribution < 1.29 is 13.5 Å². The first kappa shape index (κ1) is 9.89. The largest absolute Gasteiger partial charge is 0.496 e. The van der Waals surface area contributed by atoms with Crippen LogP contribution in [-0.4, -0.2) is 12.1 Å². The Bertz CT molecular complexity index is 313. The molecule has 4 heteroatoms. The third-order valence-corrected chi connectivity index (χ3v) is 1.78. The lowest BCUT2D eigenvalue weighted by molar-refractivity contribution is 0.145. The number of halogens is 2. The van der Waals surface area contributed by atoms with E-state index in [1.165, 1.54) is 13.2 Å². The summed E-state index contributed by atoms with van der Waals surface area (Å²) < 4.78 is 29.8. The van der Waals surface area contributed by atoms with Gasteiger partial charge in [-0.3, -0.25) is 4.98 Å². The lowest BCUT2D eigenvalue weighted by Gasteiger charge is -2.10. The average molecular weight is 187 g/mol. The second-order valence-electron chi connectivity index (χ2n) is 2.77. The Morgan fingerprint density at radius 2 is 2.00 bits per heavy atom. The summed E-state index contributed by atoms with van der Waals surface area (Å²) in [5.41, 5.74) is 0.888. The van der Waals surface area contributed by atoms with Gasteiger partial charge >= 0.3 is 0 Å². The summed E-state index contributed by atoms with van der Waals surface area (Å²) in [6.07, 6.45) is -2.54. The standard InChI is InChI=1S/C9H11F2NO/c1-5-4-7(13-3)8(9(10)11)6(2)12-5/h4,9H,1-3H3. The lowest BCUT2D eigenvalue weighted by Crippen LogP contribution is -1.99. The van der Waals surface area contributed by atoms with Gasteiger partial charge in [0, 0.05) is 11.8 Å². The molecule has 0 atom stereocenters. The quantitative estimate of drug-likeness (QED) is 0.710. The molecule has 0 bridgehead atoms. The molecule has 1 rings (SSSR count). The van der Waals surface area contributed by atoms with Crippen LogP contribution >= 0.6 is 0 Å². The fraction of sp³-hybridized carbons (Fsp3) is 0.444. The van der Waals surface area contributed by atoms with Crippen LogP contribution in [0.2, 0.25) is 0 Å². The monoisotopic (exact) mass is 187 g/mol. The average Bonchev–Trinajstić information content (AvgIpc) is 2.01. The molecule has 0 unspecified atom stereocenters. The Kier molecular flexibility index (Phi) is 2.80. The van der Waals surface area contributed by atoms with Crippen molar-refractivity contribution in [3.8, 4) is 5.75 Å². The normalized spacial score (nSPS) is 10.6. The van der Waals surface area contributed by atoms with Crippen LogP contribution in [0.4, 0.5) is 8.78 Å². The predicted molar refractivity (Wildman–Crippen MR) is 45.2 cm³/mol. The van der Waals surface area contributed by atoms with Crippen LogP contribution < -0.4 is 4.74 Å². The summed E-state index contributed by atoms with van der Waals surface area (Å²) in [6, 6.07) is 1.51. The van der Waals surface area contributed by atoms with Crippen molar-refractivity contribution in [2.75, 3.05) is 7.11 Å². The molecule has 72 valence electrons. The highest BCUT2D eigenvalue weighted by Gasteiger charge is 2.17. The molecule has 1 heterocycles. The summed E-state index contributed by atoms with van der Waals surface area (Å²) in [5.74, 6) is 0.208. The Labute approximate surface area is 75.6 Å². The fourth-order valence-corrected chi connectivity index (χ4v) is 1.24. The molecule has 0 saturated heterocycles. The van der Waals surface area contributed by atoms with Crippen molar-refractivity contribution in [2.45, 2.75) is 20.3 Å². The molecule has 0 aliphatic rings. The van der Waals surface area contributed by atoms with E-state index in [-0.39, 0.29) is 11.3 Å². The first-order valence-electron chi connectivity index (χ1n) is 3.86. The number of methoxy groups -OCH3 is 1. The van der Waals surface area contributed by atoms with Gasteiger partial charge in [0.25, 0.3) is 6.43 Å². The Balaban J connectivity index is 3.30. The molecule has 1 aromatic heterocycles. The van der Waals surface area contributed by atoms with Crippen LogP contribution in [0.15, 0.2) is 6.07 Å². The van der Waals surface area contributed by atoms with Gasteiger partial charge in [-0.2, -0.15) is 0 Å². The third kappa shape index (κ3) is 1.94. The summed E-state index contributed by atoms with van der Waals surface area (Å²) in [7, 11) is 1.38. The van der Waals surface area contributed by atoms with Crippen LogP contribution in [0, 0.1) is 13.8 Å². The minimum Gasteiger partial charge on any atom is -0.496 e. The van der Waals surface area contributed by atoms with E-state index < -0.39 is 6.43 Å². The Morgan fingerprint density at radius 1 is 1.38 bits per heavy atom. The van der Waals surface area contributed by atoms with E-state index in [0.717, 1.165) is 0 Å². The Morgan fingerprint density at radius 3 is 2.46 bits per heavy atom. The van der Waals surface area contributed by atoms with E-state index in [2.05, 4.69) is 4.98 Å². The summed E-state index contributed by atoms with van der Waals surface area (Å²) in [4.78, 5) is 3.94. The maximum Gasteiger partial charge on any atom is 0.269 e. The van der Waals surface area contributed by atoms with Crippen LogP contribution in [0.5, 0.6) is 5.75 Å². The SMILES string of the molecule is COc1cc(C)nc(C)c1C(F)F. The Hall–Kier alpha value is -1.19. The van der Waals surface area contributed by atoms with E-state index in [9.17, 15) is 8.78 Å². The number of aryl methyl sites for hydroxylation is 2. The van der Waals surface area contributed by atoms with E-state index in [4.69, 9.17) is 4.74 Å². The molecule has 1 aromatic rings. The molecule has 0 N–H and O–H groups in total. The highest BCUT2D eigenvalue weighted by molar-refractivity contribution is 5.38. The van der Waals surface area contributed by atoms with Crippen molar-refractivity contribution in [3.63, 3.8) is 0 Å². The van der Waals surface area contributed by atoms with Gasteiger partial charge in [0.05, 0.1) is 18.4 Å². The van der Waals surface area contributed by atoms with Crippen molar-refractivity contribution in [3.05, 3.63) is 23.0 Å². The van der Waals surface area contributed by atoms with Crippen molar-refractivity contribution in [1.82, 2.24) is 4.98 Å². The molecule has 0 spiro atoms. The molecular weight excluding hydrogens is 176 g/mol. The van der Waals surface area contributed by atoms with E-state index in [0.29, 0.717) is 11.4 Å². The van der Waals surface area contributed by atoms with Gasteiger partial charge in [-0.25, -0.2) is 8.78 Å². The van der Waals surface area contributed by atoms with Crippen LogP contribution in [-0.2, 0) is 0 Å². The number of aromatic nitrogens is 1. The van der Waals surface area contributed by atoms with Gasteiger partial charge < -0.3 is 4.74 Å². The maximum absolute atomic E-state index is 12.5. The molecule has 13 heavy (non-hydrogen) atoms. The molecule has 0 saturated carbocycles. The molecule has 0 aliphatic heterocycles. The second kappa shape index (κ2) is 3.68. The topological polar surface area (TPSA) is 22.1 Å². The first-order chi connectivity index (χ1) is 6.06. The number of hydrogen-bond acceptors (Lipinski definition) is 2. The minimum atomic E-state index is -2.54. The predicted octanol–water partition coefficient (Wildman–Crippen LogP) is 2.64. The van der Waals surface area contributed by atoms with Gasteiger partial charge in [-0.1, -0.05) is 0 Å². The van der Waals surface area contributed by atoms with Crippen molar-refractivity contribution in [2.24, 2.45) is 0 Å². The molecule has 0 amide bonds. The minimum absolute atomic E-state index is 0.117. The third-order valence-electron chi connectivity index (χ3n) is 1.78. The molecule has 0 fully saturated rings. The van der Waals surface area contributed by atoms with Gasteiger partial charge in [0.2, 0.25) is 0 Å². The number of rotatable bonds is 2.